The molecule has 7 nitrogen and oxygen atoms in total. The van der Waals surface area contributed by atoms with Crippen molar-refractivity contribution in [1.29, 1.82) is 0 Å². The van der Waals surface area contributed by atoms with Crippen LogP contribution in [-0.4, -0.2) is 51.3 Å². The second kappa shape index (κ2) is 11.0. The van der Waals surface area contributed by atoms with E-state index in [1.807, 2.05) is 38.1 Å². The van der Waals surface area contributed by atoms with Crippen LogP contribution in [0.15, 0.2) is 35.3 Å². The summed E-state index contributed by atoms with van der Waals surface area (Å²) in [5, 5.41) is 9.36. The first kappa shape index (κ1) is 25.5. The van der Waals surface area contributed by atoms with Gasteiger partial charge in [-0.3, -0.25) is 9.59 Å². The zero-order valence-electron chi connectivity index (χ0n) is 21.2. The molecule has 1 N–H and O–H groups in total. The average molecular weight is 498 g/mol. The van der Waals surface area contributed by atoms with Crippen molar-refractivity contribution in [1.82, 2.24) is 24.6 Å². The monoisotopic (exact) mass is 497 g/mol. The Morgan fingerprint density at radius 2 is 1.86 bits per heavy atom. The van der Waals surface area contributed by atoms with Crippen LogP contribution in [-0.2, 0) is 17.9 Å². The van der Waals surface area contributed by atoms with E-state index >= 15 is 0 Å². The Bertz CT molecular complexity index is 1250. The van der Waals surface area contributed by atoms with Crippen molar-refractivity contribution in [3.8, 4) is 0 Å². The number of benzene rings is 1. The highest BCUT2D eigenvalue weighted by atomic mass is 35.5. The highest BCUT2D eigenvalue weighted by molar-refractivity contribution is 6.31. The van der Waals surface area contributed by atoms with Gasteiger partial charge in [0.15, 0.2) is 0 Å². The zero-order valence-corrected chi connectivity index (χ0v) is 21.9. The molecule has 2 aromatic heterocycles. The molecule has 0 unspecified atom stereocenters. The van der Waals surface area contributed by atoms with E-state index in [0.717, 1.165) is 60.2 Å². The molecule has 0 radical (unpaired) electrons. The number of rotatable bonds is 8. The summed E-state index contributed by atoms with van der Waals surface area (Å²) in [4.78, 5) is 28.3. The number of nitrogens with zero attached hydrogens (tertiary/aromatic N) is 4. The first-order chi connectivity index (χ1) is 16.7. The Balaban J connectivity index is 1.40. The Labute approximate surface area is 212 Å². The fourth-order valence-corrected chi connectivity index (χ4v) is 5.68. The highest BCUT2D eigenvalue weighted by Gasteiger charge is 2.21. The molecule has 1 aliphatic rings. The molecule has 8 heteroatoms. The van der Waals surface area contributed by atoms with Gasteiger partial charge in [0.25, 0.3) is 5.56 Å². The third-order valence-corrected chi connectivity index (χ3v) is 7.47. The van der Waals surface area contributed by atoms with E-state index in [4.69, 9.17) is 11.6 Å². The van der Waals surface area contributed by atoms with Gasteiger partial charge in [-0.1, -0.05) is 43.6 Å². The summed E-state index contributed by atoms with van der Waals surface area (Å²) in [6, 6.07) is 7.71. The summed E-state index contributed by atoms with van der Waals surface area (Å²) in [5.41, 5.74) is 2.55. The SMILES string of the molecule is Cc1c2cnn(CC(=O)NCCCN3C[C@H](C)C[C@@H](C)C3)c(=O)c2c(C)n1Cc1ccccc1Cl. The fourth-order valence-electron chi connectivity index (χ4n) is 5.49. The van der Waals surface area contributed by atoms with Gasteiger partial charge in [-0.25, -0.2) is 4.68 Å². The first-order valence-corrected chi connectivity index (χ1v) is 12.9. The minimum atomic E-state index is -0.243. The number of aromatic nitrogens is 3. The molecular weight excluding hydrogens is 462 g/mol. The van der Waals surface area contributed by atoms with Crippen LogP contribution < -0.4 is 10.9 Å². The Morgan fingerprint density at radius 3 is 2.57 bits per heavy atom. The van der Waals surface area contributed by atoms with E-state index < -0.39 is 0 Å². The van der Waals surface area contributed by atoms with Crippen LogP contribution in [0.3, 0.4) is 0 Å². The number of carbonyl (C=O) groups excluding carboxylic acids is 1. The van der Waals surface area contributed by atoms with E-state index in [2.05, 4.69) is 33.7 Å². The molecule has 0 aliphatic carbocycles. The van der Waals surface area contributed by atoms with Crippen LogP contribution in [0.4, 0.5) is 0 Å². The lowest BCUT2D eigenvalue weighted by Gasteiger charge is -2.34. The predicted octanol–water partition coefficient (Wildman–Crippen LogP) is 4.00. The molecule has 1 fully saturated rings. The summed E-state index contributed by atoms with van der Waals surface area (Å²) < 4.78 is 3.35. The minimum Gasteiger partial charge on any atom is -0.354 e. The van der Waals surface area contributed by atoms with E-state index in [9.17, 15) is 9.59 Å². The summed E-state index contributed by atoms with van der Waals surface area (Å²) in [5.74, 6) is 1.27. The van der Waals surface area contributed by atoms with Crippen LogP contribution in [0.2, 0.25) is 5.02 Å². The van der Waals surface area contributed by atoms with Gasteiger partial charge in [-0.2, -0.15) is 5.10 Å². The maximum atomic E-state index is 13.2. The summed E-state index contributed by atoms with van der Waals surface area (Å²) in [6.45, 7) is 12.9. The number of carbonyl (C=O) groups is 1. The number of likely N-dealkylation sites (tertiary alicyclic amines) is 1. The smallest absolute Gasteiger partial charge is 0.276 e. The average Bonchev–Trinajstić information content (AvgIpc) is 3.04. The van der Waals surface area contributed by atoms with Crippen LogP contribution in [0.25, 0.3) is 10.8 Å². The van der Waals surface area contributed by atoms with Crippen molar-refractivity contribution in [2.75, 3.05) is 26.2 Å². The molecule has 1 amide bonds. The normalized spacial score (nSPS) is 18.8. The number of fused-ring (bicyclic) bond motifs is 1. The highest BCUT2D eigenvalue weighted by Crippen LogP contribution is 2.25. The Hall–Kier alpha value is -2.64. The van der Waals surface area contributed by atoms with E-state index in [1.165, 1.54) is 11.1 Å². The van der Waals surface area contributed by atoms with Gasteiger partial charge in [-0.15, -0.1) is 0 Å². The lowest BCUT2D eigenvalue weighted by molar-refractivity contribution is -0.121. The second-order valence-corrected chi connectivity index (χ2v) is 10.6. The Kier molecular flexibility index (Phi) is 7.97. The molecule has 3 aromatic rings. The zero-order chi connectivity index (χ0) is 25.1. The van der Waals surface area contributed by atoms with Crippen LogP contribution in [0.1, 0.15) is 43.6 Å². The predicted molar refractivity (Wildman–Crippen MR) is 141 cm³/mol. The van der Waals surface area contributed by atoms with Crippen molar-refractivity contribution >= 4 is 28.3 Å². The van der Waals surface area contributed by atoms with Gasteiger partial charge in [0.1, 0.15) is 6.54 Å². The van der Waals surface area contributed by atoms with Gasteiger partial charge in [0.2, 0.25) is 5.91 Å². The molecule has 3 heterocycles. The van der Waals surface area contributed by atoms with Gasteiger partial charge in [0, 0.05) is 48.0 Å². The first-order valence-electron chi connectivity index (χ1n) is 12.5. The molecule has 2 atom stereocenters. The molecule has 35 heavy (non-hydrogen) atoms. The molecule has 4 rings (SSSR count). The van der Waals surface area contributed by atoms with E-state index in [0.29, 0.717) is 23.5 Å². The molecule has 1 saturated heterocycles. The topological polar surface area (TPSA) is 72.2 Å². The number of hydrogen-bond donors (Lipinski definition) is 1. The lowest BCUT2D eigenvalue weighted by atomic mass is 9.92. The van der Waals surface area contributed by atoms with Crippen molar-refractivity contribution in [2.45, 2.75) is 53.6 Å². The second-order valence-electron chi connectivity index (χ2n) is 10.2. The molecule has 1 aliphatic heterocycles. The van der Waals surface area contributed by atoms with Gasteiger partial charge in [0.05, 0.1) is 11.6 Å². The molecule has 188 valence electrons. The molecule has 1 aromatic carbocycles. The van der Waals surface area contributed by atoms with Crippen molar-refractivity contribution < 1.29 is 4.79 Å². The van der Waals surface area contributed by atoms with Crippen LogP contribution in [0.5, 0.6) is 0 Å². The summed E-state index contributed by atoms with van der Waals surface area (Å²) in [7, 11) is 0. The van der Waals surface area contributed by atoms with Gasteiger partial charge < -0.3 is 14.8 Å². The number of nitrogens with one attached hydrogen (secondary N) is 1. The maximum Gasteiger partial charge on any atom is 0.276 e. The number of amides is 1. The maximum absolute atomic E-state index is 13.2. The largest absolute Gasteiger partial charge is 0.354 e. The van der Waals surface area contributed by atoms with Crippen LogP contribution in [0, 0.1) is 25.7 Å². The number of aryl methyl sites for hydroxylation is 2. The molecular formula is C27H36ClN5O2. The lowest BCUT2D eigenvalue weighted by Crippen LogP contribution is -2.40. The van der Waals surface area contributed by atoms with Crippen molar-refractivity contribution in [3.63, 3.8) is 0 Å². The van der Waals surface area contributed by atoms with E-state index in [1.54, 1.807) is 6.20 Å². The molecule has 0 saturated carbocycles. The van der Waals surface area contributed by atoms with Crippen molar-refractivity contribution in [2.24, 2.45) is 11.8 Å². The Morgan fingerprint density at radius 1 is 1.14 bits per heavy atom. The van der Waals surface area contributed by atoms with Crippen LogP contribution >= 0.6 is 11.6 Å². The van der Waals surface area contributed by atoms with Gasteiger partial charge in [-0.05, 0) is 56.7 Å². The van der Waals surface area contributed by atoms with Gasteiger partial charge >= 0.3 is 0 Å². The summed E-state index contributed by atoms with van der Waals surface area (Å²) >= 11 is 6.36. The molecule has 0 spiro atoms. The number of hydrogen-bond acceptors (Lipinski definition) is 4. The summed E-state index contributed by atoms with van der Waals surface area (Å²) in [6.07, 6.45) is 3.88. The molecule has 0 bridgehead atoms. The standard InChI is InChI=1S/C27H36ClN5O2/c1-18-12-19(2)15-31(14-18)11-7-10-29-25(34)17-33-27(35)26-21(4)32(20(3)23(26)13-30-33)16-22-8-5-6-9-24(22)28/h5-6,8-9,13,18-19H,7,10-12,14-17H2,1-4H3,(H,29,34)/t18-,19-/m1/s1. The van der Waals surface area contributed by atoms with E-state index in [-0.39, 0.29) is 18.0 Å². The third-order valence-electron chi connectivity index (χ3n) is 7.10. The number of halogens is 1. The minimum absolute atomic E-state index is 0.0826. The van der Waals surface area contributed by atoms with Crippen molar-refractivity contribution in [3.05, 3.63) is 62.8 Å². The fraction of sp³-hybridized carbons (Fsp3) is 0.519. The number of piperidine rings is 1. The third kappa shape index (κ3) is 5.78. The quantitative estimate of drug-likeness (QED) is 0.477.